The van der Waals surface area contributed by atoms with Gasteiger partial charge in [0.25, 0.3) is 5.91 Å². The van der Waals surface area contributed by atoms with Crippen molar-refractivity contribution in [1.29, 1.82) is 0 Å². The van der Waals surface area contributed by atoms with Gasteiger partial charge in [0.05, 0.1) is 6.61 Å². The molecule has 2 heterocycles. The van der Waals surface area contributed by atoms with Crippen LogP contribution < -0.4 is 10.1 Å². The van der Waals surface area contributed by atoms with Crippen molar-refractivity contribution >= 4 is 16.8 Å². The van der Waals surface area contributed by atoms with Gasteiger partial charge in [0.1, 0.15) is 6.61 Å². The molecular weight excluding hydrogens is 318 g/mol. The molecule has 0 saturated carbocycles. The van der Waals surface area contributed by atoms with Crippen LogP contribution in [0.25, 0.3) is 10.9 Å². The van der Waals surface area contributed by atoms with Crippen molar-refractivity contribution in [3.05, 3.63) is 59.9 Å². The van der Waals surface area contributed by atoms with Crippen molar-refractivity contribution < 1.29 is 14.3 Å². The molecule has 0 atom stereocenters. The summed E-state index contributed by atoms with van der Waals surface area (Å²) < 4.78 is 12.3. The first-order chi connectivity index (χ1) is 12.2. The van der Waals surface area contributed by atoms with Crippen LogP contribution >= 0.6 is 0 Å². The summed E-state index contributed by atoms with van der Waals surface area (Å²) >= 11 is 0. The maximum Gasteiger partial charge on any atom is 0.252 e. The third kappa shape index (κ3) is 3.97. The molecule has 3 rings (SSSR count). The third-order valence-electron chi connectivity index (χ3n) is 3.96. The molecule has 25 heavy (non-hydrogen) atoms. The number of carbonyl (C=O) groups is 1. The van der Waals surface area contributed by atoms with Gasteiger partial charge in [-0.1, -0.05) is 12.1 Å². The van der Waals surface area contributed by atoms with Crippen molar-refractivity contribution in [2.24, 2.45) is 7.05 Å². The van der Waals surface area contributed by atoms with Crippen LogP contribution in [0.2, 0.25) is 0 Å². The smallest absolute Gasteiger partial charge is 0.252 e. The molecule has 0 radical (unpaired) electrons. The van der Waals surface area contributed by atoms with Crippen LogP contribution in [0.5, 0.6) is 5.88 Å². The standard InChI is InChI=1S/C19H21N3O3/c1-22-9-8-15-16(4-3-5-17(15)22)19(23)21-13-14-6-7-18(20-12-14)25-11-10-24-2/h3-9,12H,10-11,13H2,1-2H3,(H,21,23). The van der Waals surface area contributed by atoms with Gasteiger partial charge in [-0.3, -0.25) is 4.79 Å². The Balaban J connectivity index is 1.62. The molecule has 0 spiro atoms. The van der Waals surface area contributed by atoms with Gasteiger partial charge in [0.15, 0.2) is 0 Å². The molecule has 0 saturated heterocycles. The van der Waals surface area contributed by atoms with Gasteiger partial charge in [-0.05, 0) is 23.8 Å². The fraction of sp³-hybridized carbons (Fsp3) is 0.263. The van der Waals surface area contributed by atoms with E-state index in [-0.39, 0.29) is 5.91 Å². The van der Waals surface area contributed by atoms with E-state index in [1.165, 1.54) is 0 Å². The average Bonchev–Trinajstić information content (AvgIpc) is 3.02. The van der Waals surface area contributed by atoms with Gasteiger partial charge in [0, 0.05) is 55.6 Å². The van der Waals surface area contributed by atoms with E-state index in [0.29, 0.717) is 31.2 Å². The lowest BCUT2D eigenvalue weighted by Gasteiger charge is -2.08. The quantitative estimate of drug-likeness (QED) is 0.672. The molecule has 1 N–H and O–H groups in total. The van der Waals surface area contributed by atoms with Crippen LogP contribution in [0.1, 0.15) is 15.9 Å². The van der Waals surface area contributed by atoms with Gasteiger partial charge in [-0.15, -0.1) is 0 Å². The minimum Gasteiger partial charge on any atom is -0.475 e. The lowest BCUT2D eigenvalue weighted by Crippen LogP contribution is -2.23. The molecule has 0 aliphatic rings. The second kappa shape index (κ2) is 7.81. The number of hydrogen-bond acceptors (Lipinski definition) is 4. The molecular formula is C19H21N3O3. The minimum atomic E-state index is -0.0998. The Labute approximate surface area is 146 Å². The SMILES string of the molecule is COCCOc1ccc(CNC(=O)c2cccc3c2ccn3C)cn1. The zero-order valence-electron chi connectivity index (χ0n) is 14.4. The zero-order chi connectivity index (χ0) is 17.6. The normalized spacial score (nSPS) is 10.8. The molecule has 0 aliphatic heterocycles. The molecule has 1 aromatic carbocycles. The van der Waals surface area contributed by atoms with Crippen molar-refractivity contribution in [2.75, 3.05) is 20.3 Å². The van der Waals surface area contributed by atoms with E-state index < -0.39 is 0 Å². The summed E-state index contributed by atoms with van der Waals surface area (Å²) in [6.07, 6.45) is 3.65. The maximum absolute atomic E-state index is 12.5. The predicted molar refractivity (Wildman–Crippen MR) is 95.7 cm³/mol. The molecule has 0 bridgehead atoms. The number of carbonyl (C=O) groups excluding carboxylic acids is 1. The number of nitrogens with one attached hydrogen (secondary N) is 1. The summed E-state index contributed by atoms with van der Waals surface area (Å²) in [5, 5.41) is 3.89. The minimum absolute atomic E-state index is 0.0998. The Kier molecular flexibility index (Phi) is 5.30. The number of rotatable bonds is 7. The number of nitrogens with zero attached hydrogens (tertiary/aromatic N) is 2. The molecule has 3 aromatic rings. The summed E-state index contributed by atoms with van der Waals surface area (Å²) in [7, 11) is 3.59. The number of ether oxygens (including phenoxy) is 2. The Morgan fingerprint density at radius 2 is 2.08 bits per heavy atom. The van der Waals surface area contributed by atoms with Crippen LogP contribution in [0, 0.1) is 0 Å². The number of methoxy groups -OCH3 is 1. The Morgan fingerprint density at radius 1 is 1.20 bits per heavy atom. The van der Waals surface area contributed by atoms with Crippen LogP contribution in [-0.4, -0.2) is 35.8 Å². The highest BCUT2D eigenvalue weighted by Gasteiger charge is 2.11. The number of aryl methyl sites for hydroxylation is 1. The van der Waals surface area contributed by atoms with E-state index in [4.69, 9.17) is 9.47 Å². The number of fused-ring (bicyclic) bond motifs is 1. The number of pyridine rings is 1. The lowest BCUT2D eigenvalue weighted by molar-refractivity contribution is 0.0952. The van der Waals surface area contributed by atoms with Crippen LogP contribution in [-0.2, 0) is 18.3 Å². The molecule has 1 amide bonds. The molecule has 6 nitrogen and oxygen atoms in total. The largest absolute Gasteiger partial charge is 0.475 e. The van der Waals surface area contributed by atoms with E-state index in [1.54, 1.807) is 19.4 Å². The summed E-state index contributed by atoms with van der Waals surface area (Å²) in [6, 6.07) is 11.4. The molecule has 2 aromatic heterocycles. The number of aromatic nitrogens is 2. The van der Waals surface area contributed by atoms with Gasteiger partial charge in [0.2, 0.25) is 5.88 Å². The Morgan fingerprint density at radius 3 is 2.84 bits per heavy atom. The number of hydrogen-bond donors (Lipinski definition) is 1. The number of amides is 1. The van der Waals surface area contributed by atoms with Crippen LogP contribution in [0.15, 0.2) is 48.8 Å². The molecule has 0 fully saturated rings. The molecule has 6 heteroatoms. The van der Waals surface area contributed by atoms with E-state index >= 15 is 0 Å². The third-order valence-corrected chi connectivity index (χ3v) is 3.96. The van der Waals surface area contributed by atoms with Crippen molar-refractivity contribution in [3.63, 3.8) is 0 Å². The second-order valence-electron chi connectivity index (χ2n) is 5.69. The molecule has 0 aliphatic carbocycles. The van der Waals surface area contributed by atoms with Crippen molar-refractivity contribution in [3.8, 4) is 5.88 Å². The summed E-state index contributed by atoms with van der Waals surface area (Å²) in [5.74, 6) is 0.443. The van der Waals surface area contributed by atoms with Crippen LogP contribution in [0.3, 0.4) is 0 Å². The van der Waals surface area contributed by atoms with Gasteiger partial charge in [-0.25, -0.2) is 4.98 Å². The summed E-state index contributed by atoms with van der Waals surface area (Å²) in [5.41, 5.74) is 2.62. The fourth-order valence-electron chi connectivity index (χ4n) is 2.61. The number of benzene rings is 1. The first kappa shape index (κ1) is 17.0. The Hall–Kier alpha value is -2.86. The van der Waals surface area contributed by atoms with Gasteiger partial charge >= 0.3 is 0 Å². The lowest BCUT2D eigenvalue weighted by atomic mass is 10.1. The predicted octanol–water partition coefficient (Wildman–Crippen LogP) is 2.53. The topological polar surface area (TPSA) is 65.4 Å². The van der Waals surface area contributed by atoms with E-state index in [2.05, 4.69) is 10.3 Å². The van der Waals surface area contributed by atoms with Crippen molar-refractivity contribution in [1.82, 2.24) is 14.9 Å². The van der Waals surface area contributed by atoms with E-state index in [1.807, 2.05) is 48.1 Å². The zero-order valence-corrected chi connectivity index (χ0v) is 14.4. The monoisotopic (exact) mass is 339 g/mol. The highest BCUT2D eigenvalue weighted by atomic mass is 16.5. The van der Waals surface area contributed by atoms with Gasteiger partial charge < -0.3 is 19.4 Å². The molecule has 130 valence electrons. The first-order valence-electron chi connectivity index (χ1n) is 8.08. The second-order valence-corrected chi connectivity index (χ2v) is 5.69. The average molecular weight is 339 g/mol. The van der Waals surface area contributed by atoms with E-state index in [0.717, 1.165) is 16.5 Å². The van der Waals surface area contributed by atoms with Crippen molar-refractivity contribution in [2.45, 2.75) is 6.54 Å². The maximum atomic E-state index is 12.5. The summed E-state index contributed by atoms with van der Waals surface area (Å²) in [4.78, 5) is 16.7. The first-order valence-corrected chi connectivity index (χ1v) is 8.08. The molecule has 0 unspecified atom stereocenters. The Bertz CT molecular complexity index is 856. The highest BCUT2D eigenvalue weighted by molar-refractivity contribution is 6.06. The highest BCUT2D eigenvalue weighted by Crippen LogP contribution is 2.19. The van der Waals surface area contributed by atoms with E-state index in [9.17, 15) is 4.79 Å². The fourth-order valence-corrected chi connectivity index (χ4v) is 2.61. The summed E-state index contributed by atoms with van der Waals surface area (Å²) in [6.45, 7) is 1.39. The van der Waals surface area contributed by atoms with Gasteiger partial charge in [-0.2, -0.15) is 0 Å². The van der Waals surface area contributed by atoms with Crippen LogP contribution in [0.4, 0.5) is 0 Å².